The number of hydrogen-bond acceptors (Lipinski definition) is 13. The number of carbonyl (C=O) groups is 3. The van der Waals surface area contributed by atoms with Crippen molar-refractivity contribution in [2.75, 3.05) is 18.1 Å². The van der Waals surface area contributed by atoms with Crippen LogP contribution in [0.5, 0.6) is 0 Å². The summed E-state index contributed by atoms with van der Waals surface area (Å²) in [6.07, 6.45) is 1.46. The van der Waals surface area contributed by atoms with Crippen molar-refractivity contribution in [1.82, 2.24) is 15.2 Å². The average molecular weight is 536 g/mol. The number of amides is 2. The average Bonchev–Trinajstić information content (AvgIpc) is 3.43. The summed E-state index contributed by atoms with van der Waals surface area (Å²) in [7, 11) is 0. The molecule has 0 bridgehead atoms. The molecule has 15 heteroatoms. The molecule has 4 heterocycles. The molecule has 0 spiro atoms. The van der Waals surface area contributed by atoms with E-state index < -0.39 is 35.0 Å². The van der Waals surface area contributed by atoms with Crippen LogP contribution in [0.4, 0.5) is 5.13 Å². The molecule has 36 heavy (non-hydrogen) atoms. The van der Waals surface area contributed by atoms with Gasteiger partial charge in [0, 0.05) is 11.1 Å². The first-order valence-corrected chi connectivity index (χ1v) is 12.5. The third-order valence-electron chi connectivity index (χ3n) is 5.16. The second-order valence-corrected chi connectivity index (χ2v) is 9.37. The van der Waals surface area contributed by atoms with E-state index in [9.17, 15) is 19.2 Å². The van der Waals surface area contributed by atoms with Gasteiger partial charge in [0.15, 0.2) is 29.0 Å². The maximum absolute atomic E-state index is 13.1. The van der Waals surface area contributed by atoms with Gasteiger partial charge < -0.3 is 29.5 Å². The van der Waals surface area contributed by atoms with Crippen LogP contribution in [-0.4, -0.2) is 57.2 Å². The standard InChI is InChI=1S/C21H21N5O8S2/c1-4-10-7-35-18-14(24-16(27)13(25-32-5-2)11-8-36-20(22)23-11)17(28)26(18)15(10)19(29)31-6-12-9(3)33-21(30)34-12/h4,8,14,18H,1,5-7H2,2-3H3,(H2,22,23)(H,24,27)/t14?,18-/m1/s1. The minimum absolute atomic E-state index is 0.00299. The molecule has 0 radical (unpaired) electrons. The molecule has 3 N–H and O–H groups in total. The predicted molar refractivity (Wildman–Crippen MR) is 129 cm³/mol. The lowest BCUT2D eigenvalue weighted by Gasteiger charge is -2.49. The summed E-state index contributed by atoms with van der Waals surface area (Å²) in [5, 5.41) is 7.68. The Morgan fingerprint density at radius 2 is 2.19 bits per heavy atom. The van der Waals surface area contributed by atoms with Crippen molar-refractivity contribution in [1.29, 1.82) is 0 Å². The Hall–Kier alpha value is -3.85. The van der Waals surface area contributed by atoms with Gasteiger partial charge in [-0.25, -0.2) is 14.6 Å². The topological polar surface area (TPSA) is 180 Å². The van der Waals surface area contributed by atoms with Crippen molar-refractivity contribution in [3.8, 4) is 0 Å². The van der Waals surface area contributed by atoms with Crippen LogP contribution in [-0.2, 0) is 30.6 Å². The van der Waals surface area contributed by atoms with Crippen LogP contribution in [0.15, 0.2) is 48.1 Å². The number of aryl methyl sites for hydroxylation is 1. The molecule has 2 aliphatic rings. The van der Waals surface area contributed by atoms with E-state index in [0.717, 1.165) is 11.3 Å². The maximum Gasteiger partial charge on any atom is 0.519 e. The fourth-order valence-electron chi connectivity index (χ4n) is 3.43. The van der Waals surface area contributed by atoms with E-state index in [1.165, 1.54) is 29.7 Å². The van der Waals surface area contributed by atoms with Gasteiger partial charge in [-0.05, 0) is 19.4 Å². The fourth-order valence-corrected chi connectivity index (χ4v) is 5.32. The maximum atomic E-state index is 13.1. The third kappa shape index (κ3) is 4.79. The largest absolute Gasteiger partial charge is 0.519 e. The predicted octanol–water partition coefficient (Wildman–Crippen LogP) is 0.904. The number of hydrogen-bond donors (Lipinski definition) is 2. The summed E-state index contributed by atoms with van der Waals surface area (Å²) >= 11 is 2.47. The third-order valence-corrected chi connectivity index (χ3v) is 7.13. The zero-order valence-electron chi connectivity index (χ0n) is 19.1. The molecule has 2 amide bonds. The van der Waals surface area contributed by atoms with Crippen LogP contribution in [0.1, 0.15) is 24.1 Å². The number of fused-ring (bicyclic) bond motifs is 1. The van der Waals surface area contributed by atoms with E-state index in [2.05, 4.69) is 22.0 Å². The van der Waals surface area contributed by atoms with E-state index in [-0.39, 0.29) is 47.0 Å². The highest BCUT2D eigenvalue weighted by Crippen LogP contribution is 2.41. The molecule has 0 saturated carbocycles. The normalized spacial score (nSPS) is 19.4. The first-order chi connectivity index (χ1) is 17.2. The van der Waals surface area contributed by atoms with Crippen LogP contribution < -0.4 is 16.9 Å². The van der Waals surface area contributed by atoms with Crippen LogP contribution in [0.25, 0.3) is 0 Å². The number of β-lactam (4-membered cyclic amide) rings is 1. The van der Waals surface area contributed by atoms with Gasteiger partial charge in [-0.2, -0.15) is 0 Å². The number of thioether (sulfide) groups is 1. The van der Waals surface area contributed by atoms with Crippen molar-refractivity contribution in [2.45, 2.75) is 31.9 Å². The van der Waals surface area contributed by atoms with Gasteiger partial charge in [-0.1, -0.05) is 17.8 Å². The van der Waals surface area contributed by atoms with Gasteiger partial charge in [0.1, 0.15) is 29.4 Å². The number of carbonyl (C=O) groups excluding carboxylic acids is 3. The van der Waals surface area contributed by atoms with Gasteiger partial charge in [0.25, 0.3) is 11.8 Å². The number of nitrogens with two attached hydrogens (primary N) is 1. The lowest BCUT2D eigenvalue weighted by molar-refractivity contribution is -0.153. The molecule has 2 aromatic rings. The van der Waals surface area contributed by atoms with Crippen LogP contribution in [0.3, 0.4) is 0 Å². The molecule has 1 unspecified atom stereocenters. The van der Waals surface area contributed by atoms with E-state index in [4.69, 9.17) is 24.1 Å². The van der Waals surface area contributed by atoms with E-state index >= 15 is 0 Å². The molecule has 1 saturated heterocycles. The van der Waals surface area contributed by atoms with Gasteiger partial charge in [0.2, 0.25) is 0 Å². The molecule has 190 valence electrons. The van der Waals surface area contributed by atoms with Gasteiger partial charge in [-0.15, -0.1) is 23.1 Å². The summed E-state index contributed by atoms with van der Waals surface area (Å²) in [5.41, 5.74) is 6.24. The molecular weight excluding hydrogens is 514 g/mol. The van der Waals surface area contributed by atoms with Gasteiger partial charge in [0.05, 0.1) is 0 Å². The van der Waals surface area contributed by atoms with Crippen LogP contribution in [0.2, 0.25) is 0 Å². The van der Waals surface area contributed by atoms with Crippen molar-refractivity contribution in [2.24, 2.45) is 5.16 Å². The summed E-state index contributed by atoms with van der Waals surface area (Å²) in [6.45, 7) is 6.75. The minimum atomic E-state index is -0.936. The van der Waals surface area contributed by atoms with Crippen molar-refractivity contribution in [3.05, 3.63) is 57.1 Å². The Morgan fingerprint density at radius 1 is 1.42 bits per heavy atom. The molecule has 1 fully saturated rings. The summed E-state index contributed by atoms with van der Waals surface area (Å²) in [5.74, 6) is -2.35. The number of ether oxygens (including phenoxy) is 1. The second-order valence-electron chi connectivity index (χ2n) is 7.38. The summed E-state index contributed by atoms with van der Waals surface area (Å²) < 4.78 is 14.9. The van der Waals surface area contributed by atoms with Crippen molar-refractivity contribution >= 4 is 51.7 Å². The molecular formula is C21H21N5O8S2. The van der Waals surface area contributed by atoms with Crippen molar-refractivity contribution in [3.63, 3.8) is 0 Å². The van der Waals surface area contributed by atoms with E-state index in [0.29, 0.717) is 11.3 Å². The molecule has 2 aliphatic heterocycles. The number of rotatable bonds is 9. The molecule has 0 aromatic carbocycles. The Balaban J connectivity index is 1.49. The van der Waals surface area contributed by atoms with Crippen molar-refractivity contribution < 1.29 is 32.8 Å². The number of esters is 1. The summed E-state index contributed by atoms with van der Waals surface area (Å²) in [4.78, 5) is 60.5. The van der Waals surface area contributed by atoms with Crippen LogP contribution >= 0.6 is 23.1 Å². The Morgan fingerprint density at radius 3 is 2.81 bits per heavy atom. The molecule has 4 rings (SSSR count). The van der Waals surface area contributed by atoms with Gasteiger partial charge >= 0.3 is 11.8 Å². The fraction of sp³-hybridized carbons (Fsp3) is 0.333. The number of nitrogen functional groups attached to an aromatic ring is 1. The number of allylic oxidation sites excluding steroid dienone is 1. The number of nitrogens with one attached hydrogen (secondary N) is 1. The molecule has 0 aliphatic carbocycles. The Labute approximate surface area is 212 Å². The number of thiazole rings is 1. The SMILES string of the molecule is C=CC1=C(C(=O)OCc2oc(=O)oc2C)N2C(=O)C(NC(=O)C(=NOCC)c3csc(N)n3)[C@H]2SC1. The Bertz CT molecular complexity index is 1340. The Kier molecular flexibility index (Phi) is 7.30. The van der Waals surface area contributed by atoms with E-state index in [1.54, 1.807) is 12.3 Å². The van der Waals surface area contributed by atoms with Gasteiger partial charge in [-0.3, -0.25) is 14.5 Å². The highest BCUT2D eigenvalue weighted by molar-refractivity contribution is 8.00. The molecule has 2 atom stereocenters. The number of aromatic nitrogens is 1. The quantitative estimate of drug-likeness (QED) is 0.202. The second kappa shape index (κ2) is 10.4. The number of anilines is 1. The first kappa shape index (κ1) is 25.2. The lowest BCUT2D eigenvalue weighted by Crippen LogP contribution is -2.71. The highest BCUT2D eigenvalue weighted by atomic mass is 32.2. The number of nitrogens with zero attached hydrogens (tertiary/aromatic N) is 3. The smallest absolute Gasteiger partial charge is 0.453 e. The molecule has 2 aromatic heterocycles. The highest BCUT2D eigenvalue weighted by Gasteiger charge is 2.54. The monoisotopic (exact) mass is 535 g/mol. The zero-order chi connectivity index (χ0) is 26.0. The number of oxime groups is 1. The lowest BCUT2D eigenvalue weighted by atomic mass is 10.0. The molecule has 13 nitrogen and oxygen atoms in total. The zero-order valence-corrected chi connectivity index (χ0v) is 20.8. The summed E-state index contributed by atoms with van der Waals surface area (Å²) in [6, 6.07) is -0.936. The first-order valence-electron chi connectivity index (χ1n) is 10.5. The van der Waals surface area contributed by atoms with Crippen LogP contribution in [0, 0.1) is 6.92 Å². The van der Waals surface area contributed by atoms with E-state index in [1.807, 2.05) is 0 Å². The minimum Gasteiger partial charge on any atom is -0.453 e.